The lowest BCUT2D eigenvalue weighted by Gasteiger charge is -2.25. The molecule has 0 saturated heterocycles. The Balaban J connectivity index is 1.41. The molecule has 2 fully saturated rings. The van der Waals surface area contributed by atoms with Crippen LogP contribution < -0.4 is 10.6 Å². The van der Waals surface area contributed by atoms with Crippen molar-refractivity contribution >= 4 is 39.1 Å². The summed E-state index contributed by atoms with van der Waals surface area (Å²) in [6.07, 6.45) is 0.0654. The SMILES string of the molecule is Cc1nc(Nc2ccn[nH]2)nc(NC2CC3C(O)C3(O)C2O)c1-c1nc2ccccc2s1. The molecule has 32 heavy (non-hydrogen) atoms. The zero-order valence-corrected chi connectivity index (χ0v) is 17.8. The Morgan fingerprint density at radius 1 is 1.12 bits per heavy atom. The number of aromatic nitrogens is 5. The number of hydrogen-bond acceptors (Lipinski definition) is 10. The van der Waals surface area contributed by atoms with Gasteiger partial charge in [-0.2, -0.15) is 10.1 Å². The first-order valence-corrected chi connectivity index (χ1v) is 11.1. The normalized spacial score (nSPS) is 28.6. The summed E-state index contributed by atoms with van der Waals surface area (Å²) in [7, 11) is 0. The van der Waals surface area contributed by atoms with Crippen LogP contribution in [-0.4, -0.2) is 64.3 Å². The van der Waals surface area contributed by atoms with Gasteiger partial charge in [0.25, 0.3) is 0 Å². The van der Waals surface area contributed by atoms with Gasteiger partial charge >= 0.3 is 0 Å². The zero-order chi connectivity index (χ0) is 22.0. The van der Waals surface area contributed by atoms with Crippen LogP contribution in [0.25, 0.3) is 20.8 Å². The van der Waals surface area contributed by atoms with Gasteiger partial charge in [0.15, 0.2) is 0 Å². The Bertz CT molecular complexity index is 1280. The second-order valence-corrected chi connectivity index (χ2v) is 9.34. The van der Waals surface area contributed by atoms with Crippen LogP contribution in [0.15, 0.2) is 36.5 Å². The van der Waals surface area contributed by atoms with Crippen molar-refractivity contribution < 1.29 is 15.3 Å². The van der Waals surface area contributed by atoms with E-state index in [0.717, 1.165) is 20.8 Å². The average molecular weight is 452 g/mol. The molecule has 4 aromatic rings. The van der Waals surface area contributed by atoms with Crippen molar-refractivity contribution in [3.63, 3.8) is 0 Å². The number of aryl methyl sites for hydroxylation is 1. The molecule has 10 nitrogen and oxygen atoms in total. The maximum atomic E-state index is 10.7. The first-order valence-electron chi connectivity index (χ1n) is 10.3. The first kappa shape index (κ1) is 19.6. The number of anilines is 3. The highest BCUT2D eigenvalue weighted by atomic mass is 32.1. The minimum Gasteiger partial charge on any atom is -0.390 e. The summed E-state index contributed by atoms with van der Waals surface area (Å²) in [4.78, 5) is 14.0. The van der Waals surface area contributed by atoms with Gasteiger partial charge in [-0.3, -0.25) is 5.10 Å². The van der Waals surface area contributed by atoms with Crippen molar-refractivity contribution in [2.45, 2.75) is 37.2 Å². The number of H-pyrrole nitrogens is 1. The monoisotopic (exact) mass is 451 g/mol. The number of fused-ring (bicyclic) bond motifs is 2. The van der Waals surface area contributed by atoms with Gasteiger partial charge in [0.2, 0.25) is 5.95 Å². The molecule has 0 radical (unpaired) electrons. The molecular formula is C21H21N7O3S. The maximum absolute atomic E-state index is 10.7. The Kier molecular flexibility index (Phi) is 4.24. The Labute approximate surface area is 186 Å². The van der Waals surface area contributed by atoms with E-state index in [1.165, 1.54) is 11.3 Å². The summed E-state index contributed by atoms with van der Waals surface area (Å²) >= 11 is 1.54. The lowest BCUT2D eigenvalue weighted by Crippen LogP contribution is -2.42. The topological polar surface area (TPSA) is 152 Å². The Morgan fingerprint density at radius 3 is 2.69 bits per heavy atom. The van der Waals surface area contributed by atoms with Crippen LogP contribution in [0.3, 0.4) is 0 Å². The largest absolute Gasteiger partial charge is 0.390 e. The zero-order valence-electron chi connectivity index (χ0n) is 17.0. The molecule has 0 spiro atoms. The van der Waals surface area contributed by atoms with Gasteiger partial charge in [-0.1, -0.05) is 12.1 Å². The average Bonchev–Trinajstić information content (AvgIpc) is 3.27. The number of benzene rings is 1. The fourth-order valence-corrected chi connectivity index (χ4v) is 5.67. The van der Waals surface area contributed by atoms with Crippen LogP contribution in [0, 0.1) is 12.8 Å². The van der Waals surface area contributed by atoms with Crippen LogP contribution in [0.2, 0.25) is 0 Å². The maximum Gasteiger partial charge on any atom is 0.230 e. The summed E-state index contributed by atoms with van der Waals surface area (Å²) < 4.78 is 1.05. The lowest BCUT2D eigenvalue weighted by molar-refractivity contribution is -0.0262. The predicted molar refractivity (Wildman–Crippen MR) is 120 cm³/mol. The molecule has 6 rings (SSSR count). The van der Waals surface area contributed by atoms with E-state index in [9.17, 15) is 15.3 Å². The molecule has 6 N–H and O–H groups in total. The molecular weight excluding hydrogens is 430 g/mol. The number of thiazole rings is 1. The first-order chi connectivity index (χ1) is 15.4. The van der Waals surface area contributed by atoms with E-state index in [1.54, 1.807) is 12.3 Å². The number of nitrogens with zero attached hydrogens (tertiary/aromatic N) is 4. The summed E-state index contributed by atoms with van der Waals surface area (Å²) in [5.74, 6) is 1.16. The highest BCUT2D eigenvalue weighted by Gasteiger charge is 2.74. The van der Waals surface area contributed by atoms with Gasteiger partial charge in [0.05, 0.1) is 39.8 Å². The molecule has 2 saturated carbocycles. The third-order valence-corrected chi connectivity index (χ3v) is 7.42. The summed E-state index contributed by atoms with van der Waals surface area (Å²) in [6.45, 7) is 1.88. The number of aromatic amines is 1. The van der Waals surface area contributed by atoms with Crippen molar-refractivity contribution in [2.75, 3.05) is 10.6 Å². The molecule has 0 aliphatic heterocycles. The minimum absolute atomic E-state index is 0.341. The fourth-order valence-electron chi connectivity index (χ4n) is 4.61. The smallest absolute Gasteiger partial charge is 0.230 e. The van der Waals surface area contributed by atoms with Crippen LogP contribution in [-0.2, 0) is 0 Å². The number of rotatable bonds is 5. The van der Waals surface area contributed by atoms with Crippen LogP contribution >= 0.6 is 11.3 Å². The van der Waals surface area contributed by atoms with Crippen molar-refractivity contribution in [1.29, 1.82) is 0 Å². The fraction of sp³-hybridized carbons (Fsp3) is 0.333. The number of aliphatic hydroxyl groups is 3. The van der Waals surface area contributed by atoms with E-state index >= 15 is 0 Å². The van der Waals surface area contributed by atoms with Crippen molar-refractivity contribution in [1.82, 2.24) is 25.1 Å². The molecule has 2 aliphatic carbocycles. The second-order valence-electron chi connectivity index (χ2n) is 8.31. The number of aliphatic hydroxyl groups excluding tert-OH is 2. The lowest BCUT2D eigenvalue weighted by atomic mass is 10.1. The molecule has 11 heteroatoms. The summed E-state index contributed by atoms with van der Waals surface area (Å²) in [6, 6.07) is 9.18. The van der Waals surface area contributed by atoms with Gasteiger partial charge in [-0.25, -0.2) is 9.97 Å². The molecule has 164 valence electrons. The quantitative estimate of drug-likeness (QED) is 0.267. The molecule has 5 unspecified atom stereocenters. The van der Waals surface area contributed by atoms with E-state index < -0.39 is 23.9 Å². The third-order valence-electron chi connectivity index (χ3n) is 6.37. The molecule has 0 bridgehead atoms. The highest BCUT2D eigenvalue weighted by molar-refractivity contribution is 7.21. The van der Waals surface area contributed by atoms with Crippen molar-refractivity contribution in [3.05, 3.63) is 42.2 Å². The predicted octanol–water partition coefficient (Wildman–Crippen LogP) is 1.80. The molecule has 5 atom stereocenters. The van der Waals surface area contributed by atoms with Gasteiger partial charge in [-0.05, 0) is 25.5 Å². The van der Waals surface area contributed by atoms with E-state index in [0.29, 0.717) is 29.7 Å². The van der Waals surface area contributed by atoms with E-state index in [-0.39, 0.29) is 5.92 Å². The van der Waals surface area contributed by atoms with Crippen molar-refractivity contribution in [2.24, 2.45) is 5.92 Å². The van der Waals surface area contributed by atoms with Gasteiger partial charge in [0, 0.05) is 12.0 Å². The van der Waals surface area contributed by atoms with E-state index in [2.05, 4.69) is 30.8 Å². The number of nitrogens with one attached hydrogen (secondary N) is 3. The Hall–Kier alpha value is -3.12. The minimum atomic E-state index is -1.45. The summed E-state index contributed by atoms with van der Waals surface area (Å²) in [5.41, 5.74) is 0.881. The summed E-state index contributed by atoms with van der Waals surface area (Å²) in [5, 5.41) is 45.0. The van der Waals surface area contributed by atoms with E-state index in [1.807, 2.05) is 31.2 Å². The molecule has 3 aromatic heterocycles. The molecule has 3 heterocycles. The van der Waals surface area contributed by atoms with Gasteiger partial charge in [-0.15, -0.1) is 11.3 Å². The van der Waals surface area contributed by atoms with Crippen LogP contribution in [0.5, 0.6) is 0 Å². The van der Waals surface area contributed by atoms with Crippen molar-refractivity contribution in [3.8, 4) is 10.6 Å². The molecule has 0 amide bonds. The Morgan fingerprint density at radius 2 is 1.97 bits per heavy atom. The number of hydrogen-bond donors (Lipinski definition) is 6. The van der Waals surface area contributed by atoms with E-state index in [4.69, 9.17) is 4.98 Å². The number of para-hydroxylation sites is 1. The molecule has 2 aliphatic rings. The third kappa shape index (κ3) is 2.89. The highest BCUT2D eigenvalue weighted by Crippen LogP contribution is 2.56. The molecule has 1 aromatic carbocycles. The standard InChI is InChI=1S/C21H21N7O3S/c1-9-15(19-25-11-4-2-3-5-13(11)32-19)18(27-20(23-9)26-14-6-7-22-28-14)24-12-8-10-16(29)21(10,31)17(12)30/h2-7,10,12,16-17,29-31H,8H2,1H3,(H3,22,23,24,26,27,28). The van der Waals surface area contributed by atoms with Crippen LogP contribution in [0.1, 0.15) is 12.1 Å². The second kappa shape index (κ2) is 6.94. The van der Waals surface area contributed by atoms with Gasteiger partial charge in [0.1, 0.15) is 28.3 Å². The van der Waals surface area contributed by atoms with Crippen LogP contribution in [0.4, 0.5) is 17.6 Å². The van der Waals surface area contributed by atoms with Gasteiger partial charge < -0.3 is 26.0 Å².